The average Bonchev–Trinajstić information content (AvgIpc) is 0. The van der Waals surface area contributed by atoms with Crippen LogP contribution in [0.5, 0.6) is 0 Å². The predicted molar refractivity (Wildman–Crippen MR) is 18.8 cm³/mol. The molecule has 0 aliphatic heterocycles. The zero-order valence-electron chi connectivity index (χ0n) is 5.74. The molecule has 7 heavy (non-hydrogen) atoms. The van der Waals surface area contributed by atoms with Crippen molar-refractivity contribution in [3.8, 4) is 0 Å². The van der Waals surface area contributed by atoms with Crippen molar-refractivity contribution in [1.29, 1.82) is 0 Å². The summed E-state index contributed by atoms with van der Waals surface area (Å²) in [6, 6.07) is 0. The summed E-state index contributed by atoms with van der Waals surface area (Å²) < 4.78 is 0. The Morgan fingerprint density at radius 3 is 0.714 bits per heavy atom. The number of hydrogen-bond donors (Lipinski definition) is 0. The molecule has 0 aromatic rings. The fraction of sp³-hybridized carbons (Fsp3) is 0. The van der Waals surface area contributed by atoms with E-state index in [9.17, 15) is 0 Å². The minimum Gasteiger partial charge on any atom is -1.00 e. The first-order valence-electron chi connectivity index (χ1n) is 0. The molecule has 0 saturated carbocycles. The first-order valence-corrected chi connectivity index (χ1v) is 0. The zero-order chi connectivity index (χ0) is 0. The molecule has 41 valence electrons. The zero-order valence-corrected chi connectivity index (χ0v) is 14.4. The molecule has 0 aromatic carbocycles. The van der Waals surface area contributed by atoms with Crippen LogP contribution in [0.15, 0.2) is 0 Å². The molecule has 6 N–H and O–H groups in total. The van der Waals surface area contributed by atoms with Crippen LogP contribution in [0.25, 0.3) is 0 Å². The van der Waals surface area contributed by atoms with Crippen molar-refractivity contribution < 1.29 is 108 Å². The van der Waals surface area contributed by atoms with E-state index in [0.29, 0.717) is 0 Å². The first-order chi connectivity index (χ1) is 0. The van der Waals surface area contributed by atoms with Gasteiger partial charge in [-0.05, 0) is 0 Å². The summed E-state index contributed by atoms with van der Waals surface area (Å²) in [4.78, 5) is 0. The molecule has 0 saturated heterocycles. The molecule has 0 aromatic heterocycles. The third-order valence-corrected chi connectivity index (χ3v) is 0. The van der Waals surface area contributed by atoms with Gasteiger partial charge in [0.2, 0.25) is 0 Å². The third-order valence-electron chi connectivity index (χ3n) is 0. The molecular formula is H8CaLa2MnO3. The molecule has 0 atom stereocenters. The fourth-order valence-electron chi connectivity index (χ4n) is 0. The number of rotatable bonds is 0. The maximum atomic E-state index is 0. The Labute approximate surface area is 142 Å². The summed E-state index contributed by atoms with van der Waals surface area (Å²) in [5, 5.41) is 0. The second-order valence-electron chi connectivity index (χ2n) is 0. The predicted octanol–water partition coefficient (Wildman–Crippen LogP) is -2.63. The van der Waals surface area contributed by atoms with E-state index in [4.69, 9.17) is 0 Å². The van der Waals surface area contributed by atoms with E-state index in [1.807, 2.05) is 0 Å². The minimum absolute atomic E-state index is 0. The van der Waals surface area contributed by atoms with Crippen LogP contribution in [0.2, 0.25) is 0 Å². The summed E-state index contributed by atoms with van der Waals surface area (Å²) in [6.45, 7) is 0. The Kier molecular flexibility index (Phi) is 488. The Morgan fingerprint density at radius 1 is 0.714 bits per heavy atom. The van der Waals surface area contributed by atoms with Gasteiger partial charge in [0.1, 0.15) is 0 Å². The molecule has 0 fully saturated rings. The van der Waals surface area contributed by atoms with Crippen LogP contribution < -0.4 is 0 Å². The molecular weight excluding hydrogens is 421 g/mol. The van der Waals surface area contributed by atoms with E-state index in [2.05, 4.69) is 0 Å². The molecule has 0 aliphatic carbocycles. The summed E-state index contributed by atoms with van der Waals surface area (Å²) in [7, 11) is 0. The molecule has 3 nitrogen and oxygen atoms in total. The monoisotopic (exact) mass is 429 g/mol. The van der Waals surface area contributed by atoms with Crippen LogP contribution in [0.4, 0.5) is 0 Å². The van der Waals surface area contributed by atoms with Crippen molar-refractivity contribution in [3.63, 3.8) is 0 Å². The molecule has 0 bridgehead atoms. The maximum Gasteiger partial charge on any atom is 2.00 e. The van der Waals surface area contributed by atoms with Crippen LogP contribution in [0.1, 0.15) is 2.85 Å². The van der Waals surface area contributed by atoms with Gasteiger partial charge < -0.3 is 19.3 Å². The van der Waals surface area contributed by atoms with Gasteiger partial charge in [-0.2, -0.15) is 0 Å². The minimum atomic E-state index is 0. The van der Waals surface area contributed by atoms with Crippen molar-refractivity contribution in [2.24, 2.45) is 0 Å². The van der Waals surface area contributed by atoms with Gasteiger partial charge >= 0.3 is 37.7 Å². The summed E-state index contributed by atoms with van der Waals surface area (Å²) >= 11 is 0. The third kappa shape index (κ3) is 39.7. The topological polar surface area (TPSA) is 94.5 Å². The van der Waals surface area contributed by atoms with Crippen LogP contribution in [0, 0.1) is 71.2 Å². The van der Waals surface area contributed by atoms with Crippen LogP contribution in [0.3, 0.4) is 0 Å². The van der Waals surface area contributed by atoms with Crippen molar-refractivity contribution >= 4 is 37.7 Å². The maximum absolute atomic E-state index is 0. The van der Waals surface area contributed by atoms with Gasteiger partial charge in [-0.25, -0.2) is 0 Å². The van der Waals surface area contributed by atoms with Gasteiger partial charge in [-0.3, -0.25) is 0 Å². The van der Waals surface area contributed by atoms with Crippen LogP contribution in [-0.2, 0) is 17.1 Å². The Hall–Kier alpha value is 4.05. The largest absolute Gasteiger partial charge is 2.00 e. The molecule has 0 rings (SSSR count). The van der Waals surface area contributed by atoms with Crippen molar-refractivity contribution in [2.75, 3.05) is 0 Å². The normalized spacial score (nSPS) is 0. The smallest absolute Gasteiger partial charge is 1.00 e. The van der Waals surface area contributed by atoms with Crippen LogP contribution in [-0.4, -0.2) is 54.2 Å². The van der Waals surface area contributed by atoms with E-state index in [1.54, 1.807) is 0 Å². The van der Waals surface area contributed by atoms with Gasteiger partial charge in [0.05, 0.1) is 0 Å². The van der Waals surface area contributed by atoms with Gasteiger partial charge in [-0.15, -0.1) is 0 Å². The summed E-state index contributed by atoms with van der Waals surface area (Å²) in [6.07, 6.45) is 0. The van der Waals surface area contributed by atoms with Gasteiger partial charge in [0, 0.05) is 88.3 Å². The van der Waals surface area contributed by atoms with Crippen molar-refractivity contribution in [2.45, 2.75) is 0 Å². The van der Waals surface area contributed by atoms with E-state index < -0.39 is 0 Å². The second kappa shape index (κ2) is 50.2. The van der Waals surface area contributed by atoms with Gasteiger partial charge in [0.15, 0.2) is 0 Å². The number of hydrogen-bond acceptors (Lipinski definition) is 0. The van der Waals surface area contributed by atoms with E-state index in [0.717, 1.165) is 0 Å². The van der Waals surface area contributed by atoms with Crippen LogP contribution >= 0.6 is 0 Å². The molecule has 0 unspecified atom stereocenters. The molecule has 3 radical (unpaired) electrons. The van der Waals surface area contributed by atoms with E-state index >= 15 is 0 Å². The summed E-state index contributed by atoms with van der Waals surface area (Å²) in [5.41, 5.74) is 0. The molecule has 0 heterocycles. The second-order valence-corrected chi connectivity index (χ2v) is 0. The Bertz CT molecular complexity index is 19.8. The Balaban J connectivity index is 0. The van der Waals surface area contributed by atoms with Gasteiger partial charge in [0.25, 0.3) is 0 Å². The summed E-state index contributed by atoms with van der Waals surface area (Å²) in [5.74, 6) is 0. The SMILES string of the molecule is O.O.O.[Ca+2].[H-].[H-].[La].[La].[Mn]. The molecule has 0 aliphatic rings. The quantitative estimate of drug-likeness (QED) is 0.377. The standard InChI is InChI=1S/Ca.2La.Mn.3H2O.2H/h;;;;3*1H2;;/q+2;;;;;;;2*-1. The molecule has 0 amide bonds. The van der Waals surface area contributed by atoms with E-state index in [-0.39, 0.29) is 145 Å². The molecule has 7 heteroatoms. The van der Waals surface area contributed by atoms with E-state index in [1.165, 1.54) is 0 Å². The van der Waals surface area contributed by atoms with Crippen molar-refractivity contribution in [3.05, 3.63) is 0 Å². The molecule has 0 spiro atoms. The Morgan fingerprint density at radius 2 is 0.714 bits per heavy atom. The average molecular weight is 429 g/mol. The van der Waals surface area contributed by atoms with Crippen molar-refractivity contribution in [1.82, 2.24) is 0 Å². The fourth-order valence-corrected chi connectivity index (χ4v) is 0. The first kappa shape index (κ1) is 68.1. The van der Waals surface area contributed by atoms with Gasteiger partial charge in [-0.1, -0.05) is 0 Å².